The summed E-state index contributed by atoms with van der Waals surface area (Å²) in [6.07, 6.45) is 1.25. The molecular formula is C11H21NO3. The van der Waals surface area contributed by atoms with E-state index in [1.807, 2.05) is 27.7 Å². The van der Waals surface area contributed by atoms with Gasteiger partial charge in [-0.15, -0.1) is 0 Å². The van der Waals surface area contributed by atoms with E-state index in [0.29, 0.717) is 13.0 Å². The molecule has 4 heteroatoms. The van der Waals surface area contributed by atoms with Crippen LogP contribution in [0.2, 0.25) is 0 Å². The largest absolute Gasteiger partial charge is 0.396 e. The lowest BCUT2D eigenvalue weighted by molar-refractivity contribution is -0.205. The van der Waals surface area contributed by atoms with Crippen molar-refractivity contribution in [3.8, 4) is 0 Å². The second-order valence-corrected chi connectivity index (χ2v) is 5.32. The number of hydroxylamine groups is 2. The summed E-state index contributed by atoms with van der Waals surface area (Å²) in [5, 5.41) is 10.5. The van der Waals surface area contributed by atoms with Crippen LogP contribution in [0.5, 0.6) is 0 Å². The van der Waals surface area contributed by atoms with Gasteiger partial charge in [0.2, 0.25) is 5.91 Å². The third kappa shape index (κ3) is 2.92. The van der Waals surface area contributed by atoms with E-state index in [9.17, 15) is 4.79 Å². The maximum Gasteiger partial charge on any atom is 0.249 e. The molecule has 0 aromatic heterocycles. The molecule has 1 fully saturated rings. The van der Waals surface area contributed by atoms with Gasteiger partial charge in [-0.25, -0.2) is 5.06 Å². The van der Waals surface area contributed by atoms with E-state index < -0.39 is 0 Å². The van der Waals surface area contributed by atoms with Crippen molar-refractivity contribution in [2.24, 2.45) is 5.41 Å². The molecular weight excluding hydrogens is 194 g/mol. The van der Waals surface area contributed by atoms with Gasteiger partial charge in [0.25, 0.3) is 0 Å². The Balaban J connectivity index is 2.63. The van der Waals surface area contributed by atoms with E-state index in [0.717, 1.165) is 6.42 Å². The lowest BCUT2D eigenvalue weighted by atomic mass is 9.94. The van der Waals surface area contributed by atoms with Crippen LogP contribution in [-0.4, -0.2) is 34.8 Å². The Morgan fingerprint density at radius 1 is 1.60 bits per heavy atom. The molecule has 1 amide bonds. The summed E-state index contributed by atoms with van der Waals surface area (Å²) in [6, 6.07) is 0. The maximum absolute atomic E-state index is 11.7. The lowest BCUT2D eigenvalue weighted by Crippen LogP contribution is -2.37. The molecule has 1 unspecified atom stereocenters. The average Bonchev–Trinajstić information content (AvgIpc) is 2.42. The number of carbonyl (C=O) groups is 1. The molecule has 1 N–H and O–H groups in total. The fraction of sp³-hybridized carbons (Fsp3) is 0.909. The van der Waals surface area contributed by atoms with Gasteiger partial charge in [-0.1, -0.05) is 20.8 Å². The van der Waals surface area contributed by atoms with Crippen molar-refractivity contribution >= 4 is 5.91 Å². The van der Waals surface area contributed by atoms with Crippen LogP contribution in [0.15, 0.2) is 0 Å². The minimum absolute atomic E-state index is 0.0147. The molecule has 1 saturated heterocycles. The molecule has 88 valence electrons. The highest BCUT2D eigenvalue weighted by atomic mass is 16.7. The molecule has 1 rings (SSSR count). The molecule has 0 aromatic carbocycles. The minimum atomic E-state index is -0.359. The van der Waals surface area contributed by atoms with Gasteiger partial charge < -0.3 is 5.11 Å². The first-order valence-corrected chi connectivity index (χ1v) is 5.42. The summed E-state index contributed by atoms with van der Waals surface area (Å²) in [5.41, 5.74) is -0.669. The van der Waals surface area contributed by atoms with Crippen LogP contribution in [0.3, 0.4) is 0 Å². The van der Waals surface area contributed by atoms with Gasteiger partial charge in [-0.2, -0.15) is 0 Å². The Kier molecular flexibility index (Phi) is 3.41. The third-order valence-corrected chi connectivity index (χ3v) is 2.88. The number of hydrogen-bond acceptors (Lipinski definition) is 3. The van der Waals surface area contributed by atoms with Gasteiger partial charge in [0, 0.05) is 12.0 Å². The number of nitrogens with zero attached hydrogens (tertiary/aromatic N) is 1. The van der Waals surface area contributed by atoms with Crippen LogP contribution in [0, 0.1) is 5.41 Å². The molecule has 0 saturated carbocycles. The molecule has 0 radical (unpaired) electrons. The number of carbonyl (C=O) groups excluding carboxylic acids is 1. The van der Waals surface area contributed by atoms with E-state index >= 15 is 0 Å². The number of aliphatic hydroxyl groups is 1. The monoisotopic (exact) mass is 215 g/mol. The normalized spacial score (nSPS) is 27.5. The molecule has 0 bridgehead atoms. The summed E-state index contributed by atoms with van der Waals surface area (Å²) >= 11 is 0. The molecule has 0 aromatic rings. The fourth-order valence-electron chi connectivity index (χ4n) is 1.51. The number of rotatable bonds is 4. The van der Waals surface area contributed by atoms with Crippen molar-refractivity contribution < 1.29 is 14.7 Å². The van der Waals surface area contributed by atoms with Crippen molar-refractivity contribution in [2.45, 2.75) is 46.1 Å². The van der Waals surface area contributed by atoms with Gasteiger partial charge >= 0.3 is 0 Å². The molecule has 1 aliphatic heterocycles. The fourth-order valence-corrected chi connectivity index (χ4v) is 1.51. The minimum Gasteiger partial charge on any atom is -0.396 e. The highest BCUT2D eigenvalue weighted by Crippen LogP contribution is 2.31. The second-order valence-electron chi connectivity index (χ2n) is 5.32. The van der Waals surface area contributed by atoms with Gasteiger partial charge in [-0.05, 0) is 13.3 Å². The SMILES string of the molecule is CCC1(C)CC(=O)N(CC(C)(C)CO)O1. The van der Waals surface area contributed by atoms with Crippen molar-refractivity contribution in [1.82, 2.24) is 5.06 Å². The third-order valence-electron chi connectivity index (χ3n) is 2.88. The zero-order valence-corrected chi connectivity index (χ0v) is 10.0. The first kappa shape index (κ1) is 12.5. The summed E-state index contributed by atoms with van der Waals surface area (Å²) in [6.45, 7) is 8.25. The average molecular weight is 215 g/mol. The standard InChI is InChI=1S/C11H21NO3/c1-5-11(4)6-9(14)12(15-11)7-10(2,3)8-13/h13H,5-8H2,1-4H3. The Labute approximate surface area is 91.2 Å². The van der Waals surface area contributed by atoms with Gasteiger partial charge in [-0.3, -0.25) is 9.63 Å². The van der Waals surface area contributed by atoms with Crippen molar-refractivity contribution in [2.75, 3.05) is 13.2 Å². The molecule has 0 aliphatic carbocycles. The van der Waals surface area contributed by atoms with Crippen LogP contribution in [-0.2, 0) is 9.63 Å². The van der Waals surface area contributed by atoms with Crippen molar-refractivity contribution in [3.05, 3.63) is 0 Å². The predicted molar refractivity (Wildman–Crippen MR) is 57.0 cm³/mol. The van der Waals surface area contributed by atoms with Gasteiger partial charge in [0.05, 0.1) is 13.0 Å². The smallest absolute Gasteiger partial charge is 0.249 e. The Morgan fingerprint density at radius 3 is 2.60 bits per heavy atom. The van der Waals surface area contributed by atoms with E-state index in [-0.39, 0.29) is 23.5 Å². The Morgan fingerprint density at radius 2 is 2.20 bits per heavy atom. The molecule has 15 heavy (non-hydrogen) atoms. The number of amides is 1. The lowest BCUT2D eigenvalue weighted by Gasteiger charge is -2.29. The quantitative estimate of drug-likeness (QED) is 0.770. The first-order valence-electron chi connectivity index (χ1n) is 5.42. The van der Waals surface area contributed by atoms with Crippen LogP contribution >= 0.6 is 0 Å². The van der Waals surface area contributed by atoms with E-state index in [4.69, 9.17) is 9.94 Å². The van der Waals surface area contributed by atoms with E-state index in [1.54, 1.807) is 0 Å². The molecule has 0 spiro atoms. The van der Waals surface area contributed by atoms with Crippen molar-refractivity contribution in [3.63, 3.8) is 0 Å². The topological polar surface area (TPSA) is 49.8 Å². The van der Waals surface area contributed by atoms with Gasteiger partial charge in [0.15, 0.2) is 0 Å². The Bertz CT molecular complexity index is 252. The summed E-state index contributed by atoms with van der Waals surface area (Å²) in [7, 11) is 0. The first-order chi connectivity index (χ1) is 6.82. The van der Waals surface area contributed by atoms with Crippen LogP contribution in [0.1, 0.15) is 40.5 Å². The molecule has 1 heterocycles. The second kappa shape index (κ2) is 4.10. The predicted octanol–water partition coefficient (Wildman–Crippen LogP) is 1.34. The van der Waals surface area contributed by atoms with E-state index in [2.05, 4.69) is 0 Å². The molecule has 4 nitrogen and oxygen atoms in total. The van der Waals surface area contributed by atoms with Crippen LogP contribution in [0.4, 0.5) is 0 Å². The summed E-state index contributed by atoms with van der Waals surface area (Å²) in [4.78, 5) is 17.3. The summed E-state index contributed by atoms with van der Waals surface area (Å²) < 4.78 is 0. The Hall–Kier alpha value is -0.610. The zero-order valence-electron chi connectivity index (χ0n) is 10.0. The molecule has 1 atom stereocenters. The maximum atomic E-state index is 11.7. The highest BCUT2D eigenvalue weighted by Gasteiger charge is 2.41. The summed E-state index contributed by atoms with van der Waals surface area (Å²) in [5.74, 6) is 0.0147. The van der Waals surface area contributed by atoms with Gasteiger partial charge in [0.1, 0.15) is 5.60 Å². The number of hydrogen-bond donors (Lipinski definition) is 1. The van der Waals surface area contributed by atoms with E-state index in [1.165, 1.54) is 5.06 Å². The zero-order chi connectivity index (χ0) is 11.7. The van der Waals surface area contributed by atoms with Crippen LogP contribution < -0.4 is 0 Å². The highest BCUT2D eigenvalue weighted by molar-refractivity contribution is 5.77. The number of aliphatic hydroxyl groups excluding tert-OH is 1. The molecule has 1 aliphatic rings. The van der Waals surface area contributed by atoms with Crippen molar-refractivity contribution in [1.29, 1.82) is 0 Å². The van der Waals surface area contributed by atoms with Crippen LogP contribution in [0.25, 0.3) is 0 Å².